The summed E-state index contributed by atoms with van der Waals surface area (Å²) in [4.78, 5) is 19.6. The number of likely N-dealkylation sites (tertiary alicyclic amines) is 1. The lowest BCUT2D eigenvalue weighted by Gasteiger charge is -2.25. The molecule has 1 aliphatic rings. The molecule has 3 heterocycles. The predicted molar refractivity (Wildman–Crippen MR) is 99.3 cm³/mol. The average Bonchev–Trinajstić information content (AvgIpc) is 3.36. The maximum atomic E-state index is 13.4. The van der Waals surface area contributed by atoms with Gasteiger partial charge in [-0.25, -0.2) is 4.98 Å². The van der Waals surface area contributed by atoms with Gasteiger partial charge in [0.05, 0.1) is 24.3 Å². The Labute approximate surface area is 153 Å². The van der Waals surface area contributed by atoms with Crippen molar-refractivity contribution >= 4 is 5.91 Å². The van der Waals surface area contributed by atoms with Crippen LogP contribution in [0.25, 0.3) is 5.69 Å². The molecule has 0 saturated carbocycles. The van der Waals surface area contributed by atoms with Gasteiger partial charge in [-0.1, -0.05) is 18.2 Å². The highest BCUT2D eigenvalue weighted by molar-refractivity contribution is 5.93. The molecule has 0 spiro atoms. The van der Waals surface area contributed by atoms with E-state index in [9.17, 15) is 4.79 Å². The lowest BCUT2D eigenvalue weighted by Crippen LogP contribution is -2.32. The van der Waals surface area contributed by atoms with E-state index in [2.05, 4.69) is 17.0 Å². The molecule has 134 valence electrons. The van der Waals surface area contributed by atoms with Gasteiger partial charge in [0.15, 0.2) is 0 Å². The van der Waals surface area contributed by atoms with Crippen molar-refractivity contribution in [2.75, 3.05) is 6.54 Å². The number of carbonyl (C=O) groups is 1. The van der Waals surface area contributed by atoms with Crippen molar-refractivity contribution in [3.63, 3.8) is 0 Å². The quantitative estimate of drug-likeness (QED) is 0.730. The van der Waals surface area contributed by atoms with Gasteiger partial charge in [0.1, 0.15) is 5.69 Å². The van der Waals surface area contributed by atoms with Crippen LogP contribution in [-0.2, 0) is 7.05 Å². The third-order valence-electron chi connectivity index (χ3n) is 5.30. The van der Waals surface area contributed by atoms with Gasteiger partial charge in [-0.05, 0) is 38.8 Å². The van der Waals surface area contributed by atoms with Crippen molar-refractivity contribution in [3.05, 3.63) is 65.5 Å². The van der Waals surface area contributed by atoms with Gasteiger partial charge in [-0.2, -0.15) is 5.10 Å². The second-order valence-corrected chi connectivity index (χ2v) is 6.85. The van der Waals surface area contributed by atoms with E-state index in [-0.39, 0.29) is 11.9 Å². The van der Waals surface area contributed by atoms with Crippen molar-refractivity contribution in [2.45, 2.75) is 32.7 Å². The van der Waals surface area contributed by atoms with Gasteiger partial charge in [-0.3, -0.25) is 14.0 Å². The van der Waals surface area contributed by atoms with Gasteiger partial charge in [-0.15, -0.1) is 0 Å². The molecular weight excluding hydrogens is 326 g/mol. The van der Waals surface area contributed by atoms with Crippen LogP contribution in [0.15, 0.2) is 42.9 Å². The molecule has 1 saturated heterocycles. The summed E-state index contributed by atoms with van der Waals surface area (Å²) in [7, 11) is 1.96. The highest BCUT2D eigenvalue weighted by Crippen LogP contribution is 2.36. The Bertz CT molecular complexity index is 941. The molecule has 1 aromatic carbocycles. The van der Waals surface area contributed by atoms with Crippen LogP contribution in [0.3, 0.4) is 0 Å². The number of para-hydroxylation sites is 1. The molecule has 6 heteroatoms. The first kappa shape index (κ1) is 16.6. The fourth-order valence-corrected chi connectivity index (χ4v) is 3.98. The van der Waals surface area contributed by atoms with Crippen LogP contribution >= 0.6 is 0 Å². The molecule has 26 heavy (non-hydrogen) atoms. The molecule has 0 bridgehead atoms. The van der Waals surface area contributed by atoms with Crippen molar-refractivity contribution in [3.8, 4) is 5.69 Å². The van der Waals surface area contributed by atoms with Gasteiger partial charge in [0.25, 0.3) is 5.91 Å². The Morgan fingerprint density at radius 3 is 2.65 bits per heavy atom. The summed E-state index contributed by atoms with van der Waals surface area (Å²) >= 11 is 0. The Hall–Kier alpha value is -2.89. The van der Waals surface area contributed by atoms with Crippen LogP contribution in [0.1, 0.15) is 46.3 Å². The van der Waals surface area contributed by atoms with Crippen LogP contribution in [0.4, 0.5) is 0 Å². The molecule has 1 amide bonds. The van der Waals surface area contributed by atoms with Crippen LogP contribution < -0.4 is 0 Å². The van der Waals surface area contributed by atoms with Gasteiger partial charge >= 0.3 is 0 Å². The fourth-order valence-electron chi connectivity index (χ4n) is 3.98. The largest absolute Gasteiger partial charge is 0.330 e. The number of aromatic nitrogens is 4. The Morgan fingerprint density at radius 1 is 1.19 bits per heavy atom. The number of carbonyl (C=O) groups excluding carboxylic acids is 1. The maximum Gasteiger partial charge on any atom is 0.273 e. The molecule has 1 aliphatic heterocycles. The molecule has 0 unspecified atom stereocenters. The zero-order valence-corrected chi connectivity index (χ0v) is 15.4. The Morgan fingerprint density at radius 2 is 1.96 bits per heavy atom. The SMILES string of the molecule is Cc1nn(C)c(C)c1[C@H]1CCCN1C(=O)c1cncn1-c1ccccc1. The van der Waals surface area contributed by atoms with E-state index in [1.54, 1.807) is 12.5 Å². The lowest BCUT2D eigenvalue weighted by atomic mass is 10.0. The summed E-state index contributed by atoms with van der Waals surface area (Å²) in [6.07, 6.45) is 5.34. The molecule has 1 fully saturated rings. The van der Waals surface area contributed by atoms with Gasteiger partial charge in [0, 0.05) is 30.5 Å². The summed E-state index contributed by atoms with van der Waals surface area (Å²) in [6.45, 7) is 4.86. The smallest absolute Gasteiger partial charge is 0.273 e. The number of amides is 1. The van der Waals surface area contributed by atoms with E-state index in [4.69, 9.17) is 0 Å². The second-order valence-electron chi connectivity index (χ2n) is 6.85. The second kappa shape index (κ2) is 6.44. The highest BCUT2D eigenvalue weighted by atomic mass is 16.2. The molecule has 0 radical (unpaired) electrons. The first-order valence-electron chi connectivity index (χ1n) is 8.96. The van der Waals surface area contributed by atoms with Gasteiger partial charge < -0.3 is 4.90 Å². The number of hydrogen-bond donors (Lipinski definition) is 0. The van der Waals surface area contributed by atoms with Crippen molar-refractivity contribution in [1.82, 2.24) is 24.2 Å². The minimum Gasteiger partial charge on any atom is -0.330 e. The van der Waals surface area contributed by atoms with E-state index in [1.807, 2.05) is 58.5 Å². The molecule has 0 aliphatic carbocycles. The number of imidazole rings is 1. The van der Waals surface area contributed by atoms with E-state index < -0.39 is 0 Å². The zero-order chi connectivity index (χ0) is 18.3. The van der Waals surface area contributed by atoms with E-state index in [1.165, 1.54) is 5.56 Å². The van der Waals surface area contributed by atoms with Gasteiger partial charge in [0.2, 0.25) is 0 Å². The molecule has 3 aromatic rings. The summed E-state index contributed by atoms with van der Waals surface area (Å²) in [6, 6.07) is 9.93. The zero-order valence-electron chi connectivity index (χ0n) is 15.4. The molecule has 6 nitrogen and oxygen atoms in total. The first-order valence-corrected chi connectivity index (χ1v) is 8.96. The number of aryl methyl sites for hydroxylation is 2. The van der Waals surface area contributed by atoms with Crippen LogP contribution in [0, 0.1) is 13.8 Å². The maximum absolute atomic E-state index is 13.4. The fraction of sp³-hybridized carbons (Fsp3) is 0.350. The Balaban J connectivity index is 1.70. The summed E-state index contributed by atoms with van der Waals surface area (Å²) in [5, 5.41) is 4.54. The average molecular weight is 349 g/mol. The Kier molecular flexibility index (Phi) is 4.11. The molecule has 2 aromatic heterocycles. The summed E-state index contributed by atoms with van der Waals surface area (Å²) in [5.74, 6) is 0.0245. The number of hydrogen-bond acceptors (Lipinski definition) is 3. The molecular formula is C20H23N5O. The third kappa shape index (κ3) is 2.62. The van der Waals surface area contributed by atoms with E-state index >= 15 is 0 Å². The first-order chi connectivity index (χ1) is 12.6. The van der Waals surface area contributed by atoms with Crippen molar-refractivity contribution < 1.29 is 4.79 Å². The molecule has 4 rings (SSSR count). The topological polar surface area (TPSA) is 56.0 Å². The minimum absolute atomic E-state index is 0.0245. The third-order valence-corrected chi connectivity index (χ3v) is 5.30. The highest BCUT2D eigenvalue weighted by Gasteiger charge is 2.35. The summed E-state index contributed by atoms with van der Waals surface area (Å²) < 4.78 is 3.76. The van der Waals surface area contributed by atoms with E-state index in [0.717, 1.165) is 36.5 Å². The standard InChI is InChI=1S/C20H23N5O/c1-14-19(15(2)23(3)22-14)17-10-7-11-24(17)20(26)18-12-21-13-25(18)16-8-5-4-6-9-16/h4-6,8-9,12-13,17H,7,10-11H2,1-3H3/t17-/m1/s1. The van der Waals surface area contributed by atoms with Crippen LogP contribution in [0.2, 0.25) is 0 Å². The predicted octanol–water partition coefficient (Wildman–Crippen LogP) is 3.20. The number of nitrogens with zero attached hydrogens (tertiary/aromatic N) is 5. The van der Waals surface area contributed by atoms with Crippen molar-refractivity contribution in [2.24, 2.45) is 7.05 Å². The van der Waals surface area contributed by atoms with Crippen LogP contribution in [0.5, 0.6) is 0 Å². The lowest BCUT2D eigenvalue weighted by molar-refractivity contribution is 0.0727. The minimum atomic E-state index is 0.0245. The molecule has 1 atom stereocenters. The monoisotopic (exact) mass is 349 g/mol. The number of benzene rings is 1. The number of rotatable bonds is 3. The molecule has 0 N–H and O–H groups in total. The van der Waals surface area contributed by atoms with Crippen molar-refractivity contribution in [1.29, 1.82) is 0 Å². The van der Waals surface area contributed by atoms with Crippen LogP contribution in [-0.4, -0.2) is 36.7 Å². The van der Waals surface area contributed by atoms with E-state index in [0.29, 0.717) is 5.69 Å². The summed E-state index contributed by atoms with van der Waals surface area (Å²) in [5.41, 5.74) is 4.86. The normalized spacial score (nSPS) is 17.0.